The average molecular weight is 233 g/mol. The number of rotatable bonds is 4. The summed E-state index contributed by atoms with van der Waals surface area (Å²) in [6.45, 7) is 2.14. The first-order valence-corrected chi connectivity index (χ1v) is 5.87. The highest BCUT2D eigenvalue weighted by atomic mass is 16.4. The summed E-state index contributed by atoms with van der Waals surface area (Å²) >= 11 is 0. The number of fused-ring (bicyclic) bond motifs is 1. The van der Waals surface area contributed by atoms with Crippen molar-refractivity contribution >= 4 is 10.9 Å². The molecule has 0 bridgehead atoms. The van der Waals surface area contributed by atoms with E-state index in [1.165, 1.54) is 0 Å². The van der Waals surface area contributed by atoms with Crippen molar-refractivity contribution in [2.24, 2.45) is 0 Å². The number of hydrogen-bond acceptors (Lipinski definition) is 3. The van der Waals surface area contributed by atoms with Crippen LogP contribution in [0.4, 0.5) is 0 Å². The molecule has 2 aromatic rings. The smallest absolute Gasteiger partial charge is 0.372 e. The lowest BCUT2D eigenvalue weighted by atomic mass is 10.0. The van der Waals surface area contributed by atoms with Gasteiger partial charge in [-0.2, -0.15) is 0 Å². The number of aromatic amines is 1. The predicted molar refractivity (Wildman–Crippen MR) is 66.3 cm³/mol. The van der Waals surface area contributed by atoms with Crippen LogP contribution >= 0.6 is 0 Å². The lowest BCUT2D eigenvalue weighted by molar-refractivity contribution is 0.460. The predicted octanol–water partition coefficient (Wildman–Crippen LogP) is 2.21. The molecule has 2 rings (SSSR count). The maximum absolute atomic E-state index is 11.5. The topological polar surface area (TPSA) is 63.1 Å². The zero-order valence-corrected chi connectivity index (χ0v) is 9.79. The zero-order chi connectivity index (χ0) is 12.3. The van der Waals surface area contributed by atoms with Gasteiger partial charge >= 0.3 is 11.4 Å². The van der Waals surface area contributed by atoms with E-state index in [0.717, 1.165) is 31.2 Å². The fourth-order valence-electron chi connectivity index (χ4n) is 1.96. The normalized spacial score (nSPS) is 10.9. The van der Waals surface area contributed by atoms with Gasteiger partial charge in [0.2, 0.25) is 0 Å². The highest BCUT2D eigenvalue weighted by Gasteiger charge is 2.06. The maximum Gasteiger partial charge on any atom is 0.419 e. The highest BCUT2D eigenvalue weighted by molar-refractivity contribution is 5.80. The van der Waals surface area contributed by atoms with Crippen molar-refractivity contribution in [1.29, 1.82) is 0 Å². The van der Waals surface area contributed by atoms with Crippen molar-refractivity contribution < 1.29 is 4.42 Å². The van der Waals surface area contributed by atoms with E-state index in [9.17, 15) is 9.59 Å². The van der Waals surface area contributed by atoms with Crippen LogP contribution in [0.15, 0.2) is 32.2 Å². The van der Waals surface area contributed by atoms with Crippen LogP contribution in [0.1, 0.15) is 31.7 Å². The van der Waals surface area contributed by atoms with Gasteiger partial charge < -0.3 is 4.42 Å². The molecule has 0 atom stereocenters. The number of para-hydroxylation sites is 1. The SMILES string of the molecule is CCCCCc1cccc2c(=O)oc(=O)[nH]c12. The van der Waals surface area contributed by atoms with Crippen molar-refractivity contribution in [3.05, 3.63) is 44.7 Å². The first-order chi connectivity index (χ1) is 8.22. The molecule has 90 valence electrons. The van der Waals surface area contributed by atoms with Gasteiger partial charge in [0.1, 0.15) is 0 Å². The van der Waals surface area contributed by atoms with Crippen LogP contribution in [-0.4, -0.2) is 4.98 Å². The molecule has 0 unspecified atom stereocenters. The number of aryl methyl sites for hydroxylation is 1. The van der Waals surface area contributed by atoms with Crippen molar-refractivity contribution in [1.82, 2.24) is 4.98 Å². The standard InChI is InChI=1S/C13H15NO3/c1-2-3-4-6-9-7-5-8-10-11(9)14-13(16)17-12(10)15/h5,7-8H,2-4,6H2,1H3,(H,14,16). The minimum Gasteiger partial charge on any atom is -0.372 e. The summed E-state index contributed by atoms with van der Waals surface area (Å²) in [5.74, 6) is -0.689. The number of nitrogens with one attached hydrogen (secondary N) is 1. The molecule has 4 heteroatoms. The summed E-state index contributed by atoms with van der Waals surface area (Å²) in [4.78, 5) is 25.3. The largest absolute Gasteiger partial charge is 0.419 e. The summed E-state index contributed by atoms with van der Waals surface area (Å²) in [5, 5.41) is 0.443. The molecule has 0 amide bonds. The zero-order valence-electron chi connectivity index (χ0n) is 9.79. The Balaban J connectivity index is 2.49. The number of unbranched alkanes of at least 4 members (excludes halogenated alkanes) is 2. The molecule has 0 saturated carbocycles. The highest BCUT2D eigenvalue weighted by Crippen LogP contribution is 2.15. The molecule has 4 nitrogen and oxygen atoms in total. The van der Waals surface area contributed by atoms with Crippen LogP contribution in [0.5, 0.6) is 0 Å². The fourth-order valence-corrected chi connectivity index (χ4v) is 1.96. The minimum absolute atomic E-state index is 0.443. The van der Waals surface area contributed by atoms with Gasteiger partial charge in [0.05, 0.1) is 10.9 Å². The van der Waals surface area contributed by atoms with Crippen molar-refractivity contribution in [2.45, 2.75) is 32.6 Å². The van der Waals surface area contributed by atoms with Gasteiger partial charge in [-0.25, -0.2) is 9.59 Å². The van der Waals surface area contributed by atoms with Crippen LogP contribution in [0.25, 0.3) is 10.9 Å². The number of H-pyrrole nitrogens is 1. The summed E-state index contributed by atoms with van der Waals surface area (Å²) in [7, 11) is 0. The third-order valence-electron chi connectivity index (χ3n) is 2.83. The van der Waals surface area contributed by atoms with Gasteiger partial charge in [-0.05, 0) is 24.5 Å². The molecule has 0 saturated heterocycles. The summed E-state index contributed by atoms with van der Waals surface area (Å²) < 4.78 is 4.50. The molecule has 0 aliphatic rings. The first-order valence-electron chi connectivity index (χ1n) is 5.87. The van der Waals surface area contributed by atoms with Crippen molar-refractivity contribution in [3.63, 3.8) is 0 Å². The molecule has 0 aliphatic heterocycles. The summed E-state index contributed by atoms with van der Waals surface area (Å²) in [5.41, 5.74) is 1.05. The summed E-state index contributed by atoms with van der Waals surface area (Å²) in [6.07, 6.45) is 4.20. The molecule has 0 aliphatic carbocycles. The van der Waals surface area contributed by atoms with Crippen LogP contribution in [0.2, 0.25) is 0 Å². The Morgan fingerprint density at radius 2 is 2.06 bits per heavy atom. The lowest BCUT2D eigenvalue weighted by Crippen LogP contribution is -2.15. The second-order valence-corrected chi connectivity index (χ2v) is 4.10. The fraction of sp³-hybridized carbons (Fsp3) is 0.385. The Hall–Kier alpha value is -1.84. The molecule has 17 heavy (non-hydrogen) atoms. The average Bonchev–Trinajstić information content (AvgIpc) is 2.30. The van der Waals surface area contributed by atoms with E-state index in [2.05, 4.69) is 16.3 Å². The van der Waals surface area contributed by atoms with Crippen LogP contribution in [-0.2, 0) is 6.42 Å². The van der Waals surface area contributed by atoms with Crippen molar-refractivity contribution in [2.75, 3.05) is 0 Å². The van der Waals surface area contributed by atoms with E-state index in [-0.39, 0.29) is 0 Å². The molecule has 1 aromatic heterocycles. The number of benzene rings is 1. The van der Waals surface area contributed by atoms with E-state index in [0.29, 0.717) is 10.9 Å². The van der Waals surface area contributed by atoms with Gasteiger partial charge in [-0.1, -0.05) is 31.9 Å². The van der Waals surface area contributed by atoms with Crippen LogP contribution in [0.3, 0.4) is 0 Å². The quantitative estimate of drug-likeness (QED) is 0.823. The minimum atomic E-state index is -0.689. The molecular weight excluding hydrogens is 218 g/mol. The Morgan fingerprint density at radius 1 is 1.24 bits per heavy atom. The summed E-state index contributed by atoms with van der Waals surface area (Å²) in [6, 6.07) is 5.42. The maximum atomic E-state index is 11.5. The van der Waals surface area contributed by atoms with Gasteiger partial charge in [-0.15, -0.1) is 0 Å². The molecule has 1 heterocycles. The molecule has 1 aromatic carbocycles. The van der Waals surface area contributed by atoms with Crippen LogP contribution < -0.4 is 11.4 Å². The van der Waals surface area contributed by atoms with Gasteiger partial charge in [-0.3, -0.25) is 4.98 Å². The number of aromatic nitrogens is 1. The van der Waals surface area contributed by atoms with Crippen LogP contribution in [0, 0.1) is 0 Å². The Morgan fingerprint density at radius 3 is 2.82 bits per heavy atom. The third-order valence-corrected chi connectivity index (χ3v) is 2.83. The Labute approximate surface area is 98.3 Å². The molecule has 0 spiro atoms. The lowest BCUT2D eigenvalue weighted by Gasteiger charge is -2.04. The third kappa shape index (κ3) is 2.46. The Bertz CT molecular complexity index is 624. The van der Waals surface area contributed by atoms with E-state index < -0.39 is 11.4 Å². The van der Waals surface area contributed by atoms with E-state index >= 15 is 0 Å². The van der Waals surface area contributed by atoms with Crippen molar-refractivity contribution in [3.8, 4) is 0 Å². The van der Waals surface area contributed by atoms with E-state index in [1.54, 1.807) is 6.07 Å². The second-order valence-electron chi connectivity index (χ2n) is 4.10. The molecular formula is C13H15NO3. The number of hydrogen-bond donors (Lipinski definition) is 1. The van der Waals surface area contributed by atoms with Gasteiger partial charge in [0.15, 0.2) is 0 Å². The monoisotopic (exact) mass is 233 g/mol. The Kier molecular flexibility index (Phi) is 3.42. The molecule has 0 radical (unpaired) electrons. The second kappa shape index (κ2) is 4.99. The van der Waals surface area contributed by atoms with E-state index in [1.807, 2.05) is 12.1 Å². The van der Waals surface area contributed by atoms with Gasteiger partial charge in [0, 0.05) is 0 Å². The molecule has 0 fully saturated rings. The first kappa shape index (κ1) is 11.6. The molecule has 1 N–H and O–H groups in total. The van der Waals surface area contributed by atoms with E-state index in [4.69, 9.17) is 0 Å². The van der Waals surface area contributed by atoms with Gasteiger partial charge in [0.25, 0.3) is 0 Å².